The van der Waals surface area contributed by atoms with Gasteiger partial charge in [0.2, 0.25) is 0 Å². The number of ether oxygens (including phenoxy) is 1. The molecule has 0 aliphatic carbocycles. The highest BCUT2D eigenvalue weighted by atomic mass is 16.5. The molecule has 0 saturated carbocycles. The number of para-hydroxylation sites is 1. The van der Waals surface area contributed by atoms with Crippen LogP contribution in [0.4, 0.5) is 0 Å². The molecule has 5 heteroatoms. The smallest absolute Gasteiger partial charge is 0.256 e. The van der Waals surface area contributed by atoms with Gasteiger partial charge in [-0.2, -0.15) is 0 Å². The zero-order chi connectivity index (χ0) is 15.9. The maximum Gasteiger partial charge on any atom is 0.256 e. The summed E-state index contributed by atoms with van der Waals surface area (Å²) in [6.45, 7) is 3.50. The number of nitrogens with zero attached hydrogens (tertiary/aromatic N) is 1. The van der Waals surface area contributed by atoms with Crippen molar-refractivity contribution in [3.05, 3.63) is 53.5 Å². The summed E-state index contributed by atoms with van der Waals surface area (Å²) in [5.41, 5.74) is 7.11. The van der Waals surface area contributed by atoms with E-state index < -0.39 is 0 Å². The maximum absolute atomic E-state index is 12.2. The maximum atomic E-state index is 12.2. The van der Waals surface area contributed by atoms with Crippen molar-refractivity contribution in [2.45, 2.75) is 19.9 Å². The molecule has 0 aliphatic rings. The molecule has 2 aromatic rings. The number of hydrogen-bond acceptors (Lipinski definition) is 4. The SMILES string of the molecule is Cc1ccccc1OCCCN(C)C(=O)c1coc(CN)c1. The van der Waals surface area contributed by atoms with Crippen molar-refractivity contribution in [3.63, 3.8) is 0 Å². The first kappa shape index (κ1) is 16.1. The molecule has 1 heterocycles. The normalized spacial score (nSPS) is 10.5. The van der Waals surface area contributed by atoms with Gasteiger partial charge in [-0.3, -0.25) is 4.79 Å². The lowest BCUT2D eigenvalue weighted by atomic mass is 10.2. The van der Waals surface area contributed by atoms with Gasteiger partial charge in [-0.1, -0.05) is 18.2 Å². The Labute approximate surface area is 130 Å². The van der Waals surface area contributed by atoms with Crippen LogP contribution in [0.15, 0.2) is 41.0 Å². The van der Waals surface area contributed by atoms with E-state index in [9.17, 15) is 4.79 Å². The predicted octanol–water partition coefficient (Wildman–Crippen LogP) is 2.59. The van der Waals surface area contributed by atoms with Crippen LogP contribution in [-0.2, 0) is 6.54 Å². The Morgan fingerprint density at radius 1 is 1.36 bits per heavy atom. The molecule has 0 radical (unpaired) electrons. The molecule has 0 saturated heterocycles. The Morgan fingerprint density at radius 3 is 2.82 bits per heavy atom. The van der Waals surface area contributed by atoms with E-state index in [1.807, 2.05) is 31.2 Å². The fourth-order valence-corrected chi connectivity index (χ4v) is 2.12. The van der Waals surface area contributed by atoms with Crippen LogP contribution in [0.1, 0.15) is 28.1 Å². The molecule has 2 rings (SSSR count). The first-order valence-corrected chi connectivity index (χ1v) is 7.33. The summed E-state index contributed by atoms with van der Waals surface area (Å²) < 4.78 is 10.9. The first-order chi connectivity index (χ1) is 10.6. The number of rotatable bonds is 7. The largest absolute Gasteiger partial charge is 0.493 e. The molecule has 2 N–H and O–H groups in total. The van der Waals surface area contributed by atoms with E-state index in [0.29, 0.717) is 31.0 Å². The lowest BCUT2D eigenvalue weighted by molar-refractivity contribution is 0.0787. The molecule has 22 heavy (non-hydrogen) atoms. The van der Waals surface area contributed by atoms with E-state index >= 15 is 0 Å². The van der Waals surface area contributed by atoms with Crippen molar-refractivity contribution >= 4 is 5.91 Å². The van der Waals surface area contributed by atoms with E-state index in [2.05, 4.69) is 0 Å². The van der Waals surface area contributed by atoms with Crippen molar-refractivity contribution < 1.29 is 13.9 Å². The van der Waals surface area contributed by atoms with Crippen LogP contribution in [0.25, 0.3) is 0 Å². The molecule has 0 spiro atoms. The zero-order valence-corrected chi connectivity index (χ0v) is 13.0. The standard InChI is InChI=1S/C17H22N2O3/c1-13-6-3-4-7-16(13)21-9-5-8-19(2)17(20)14-10-15(11-18)22-12-14/h3-4,6-7,10,12H,5,8-9,11,18H2,1-2H3. The van der Waals surface area contributed by atoms with Crippen LogP contribution >= 0.6 is 0 Å². The molecule has 0 fully saturated rings. The summed E-state index contributed by atoms with van der Waals surface area (Å²) in [5, 5.41) is 0. The quantitative estimate of drug-likeness (QED) is 0.798. The van der Waals surface area contributed by atoms with Gasteiger partial charge < -0.3 is 19.8 Å². The van der Waals surface area contributed by atoms with Gasteiger partial charge in [-0.15, -0.1) is 0 Å². The van der Waals surface area contributed by atoms with Gasteiger partial charge in [-0.25, -0.2) is 0 Å². The number of carbonyl (C=O) groups excluding carboxylic acids is 1. The molecule has 1 amide bonds. The third-order valence-corrected chi connectivity index (χ3v) is 3.44. The second kappa shape index (κ2) is 7.66. The number of hydrogen-bond donors (Lipinski definition) is 1. The second-order valence-electron chi connectivity index (χ2n) is 5.20. The van der Waals surface area contributed by atoms with Gasteiger partial charge in [0.1, 0.15) is 17.8 Å². The number of aryl methyl sites for hydroxylation is 1. The van der Waals surface area contributed by atoms with Gasteiger partial charge >= 0.3 is 0 Å². The lowest BCUT2D eigenvalue weighted by Crippen LogP contribution is -2.28. The van der Waals surface area contributed by atoms with Gasteiger partial charge in [-0.05, 0) is 31.0 Å². The van der Waals surface area contributed by atoms with Crippen molar-refractivity contribution in [2.75, 3.05) is 20.2 Å². The average molecular weight is 302 g/mol. The van der Waals surface area contributed by atoms with Crippen LogP contribution in [-0.4, -0.2) is 31.0 Å². The van der Waals surface area contributed by atoms with Gasteiger partial charge in [0.15, 0.2) is 0 Å². The first-order valence-electron chi connectivity index (χ1n) is 7.33. The summed E-state index contributed by atoms with van der Waals surface area (Å²) >= 11 is 0. The Balaban J connectivity index is 1.76. The lowest BCUT2D eigenvalue weighted by Gasteiger charge is -2.16. The molecule has 0 unspecified atom stereocenters. The van der Waals surface area contributed by atoms with E-state index in [1.54, 1.807) is 18.0 Å². The molecule has 118 valence electrons. The molecule has 0 atom stereocenters. The average Bonchev–Trinajstić information content (AvgIpc) is 3.01. The molecule has 0 bridgehead atoms. The highest BCUT2D eigenvalue weighted by Gasteiger charge is 2.14. The Morgan fingerprint density at radius 2 is 2.14 bits per heavy atom. The number of nitrogens with two attached hydrogens (primary N) is 1. The summed E-state index contributed by atoms with van der Waals surface area (Å²) in [6, 6.07) is 9.58. The molecular formula is C17H22N2O3. The number of benzene rings is 1. The van der Waals surface area contributed by atoms with Gasteiger partial charge in [0.25, 0.3) is 5.91 Å². The van der Waals surface area contributed by atoms with Crippen LogP contribution in [0, 0.1) is 6.92 Å². The number of carbonyl (C=O) groups is 1. The second-order valence-corrected chi connectivity index (χ2v) is 5.20. The van der Waals surface area contributed by atoms with Crippen molar-refractivity contribution in [2.24, 2.45) is 5.73 Å². The van der Waals surface area contributed by atoms with Crippen molar-refractivity contribution in [1.82, 2.24) is 4.90 Å². The fourth-order valence-electron chi connectivity index (χ4n) is 2.12. The zero-order valence-electron chi connectivity index (χ0n) is 13.0. The highest BCUT2D eigenvalue weighted by Crippen LogP contribution is 2.16. The number of furan rings is 1. The van der Waals surface area contributed by atoms with E-state index in [1.165, 1.54) is 6.26 Å². The van der Waals surface area contributed by atoms with Crippen LogP contribution in [0.5, 0.6) is 5.75 Å². The van der Waals surface area contributed by atoms with E-state index in [0.717, 1.165) is 17.7 Å². The molecule has 5 nitrogen and oxygen atoms in total. The van der Waals surface area contributed by atoms with Crippen molar-refractivity contribution in [1.29, 1.82) is 0 Å². The summed E-state index contributed by atoms with van der Waals surface area (Å²) in [6.07, 6.45) is 2.21. The minimum Gasteiger partial charge on any atom is -0.493 e. The fraction of sp³-hybridized carbons (Fsp3) is 0.353. The minimum absolute atomic E-state index is 0.0701. The van der Waals surface area contributed by atoms with Crippen LogP contribution in [0.2, 0.25) is 0 Å². The van der Waals surface area contributed by atoms with Gasteiger partial charge in [0, 0.05) is 13.6 Å². The minimum atomic E-state index is -0.0701. The molecule has 0 aliphatic heterocycles. The van der Waals surface area contributed by atoms with Crippen LogP contribution < -0.4 is 10.5 Å². The third-order valence-electron chi connectivity index (χ3n) is 3.44. The van der Waals surface area contributed by atoms with E-state index in [-0.39, 0.29) is 5.91 Å². The Bertz CT molecular complexity index is 622. The number of amides is 1. The van der Waals surface area contributed by atoms with Crippen molar-refractivity contribution in [3.8, 4) is 5.75 Å². The summed E-state index contributed by atoms with van der Waals surface area (Å²) in [5.74, 6) is 1.43. The molecular weight excluding hydrogens is 280 g/mol. The molecule has 1 aromatic heterocycles. The molecule has 1 aromatic carbocycles. The summed E-state index contributed by atoms with van der Waals surface area (Å²) in [7, 11) is 1.77. The van der Waals surface area contributed by atoms with Gasteiger partial charge in [0.05, 0.1) is 18.7 Å². The predicted molar refractivity (Wildman–Crippen MR) is 84.9 cm³/mol. The topological polar surface area (TPSA) is 68.7 Å². The van der Waals surface area contributed by atoms with E-state index in [4.69, 9.17) is 14.9 Å². The highest BCUT2D eigenvalue weighted by molar-refractivity contribution is 5.93. The monoisotopic (exact) mass is 302 g/mol. The Kier molecular flexibility index (Phi) is 5.61. The Hall–Kier alpha value is -2.27. The van der Waals surface area contributed by atoms with Crippen LogP contribution in [0.3, 0.4) is 0 Å². The summed E-state index contributed by atoms with van der Waals surface area (Å²) in [4.78, 5) is 13.8. The third kappa shape index (κ3) is 4.11.